The van der Waals surface area contributed by atoms with Crippen molar-refractivity contribution in [3.05, 3.63) is 120 Å². The summed E-state index contributed by atoms with van der Waals surface area (Å²) in [5, 5.41) is 0. The SMILES string of the molecule is C=C[C@H]1[C@H](C(=O)N2C(=O)OC[C@@H]2Cc2ccccc2)[C@@H](CCc2ccccc2)O[C@H]1CCc1ccccc1. The molecule has 0 radical (unpaired) electrons. The molecule has 38 heavy (non-hydrogen) atoms. The van der Waals surface area contributed by atoms with E-state index in [-0.39, 0.29) is 36.7 Å². The van der Waals surface area contributed by atoms with Gasteiger partial charge in [0, 0.05) is 5.92 Å². The van der Waals surface area contributed by atoms with Gasteiger partial charge in [0.15, 0.2) is 0 Å². The lowest BCUT2D eigenvalue weighted by atomic mass is 9.82. The predicted molar refractivity (Wildman–Crippen MR) is 147 cm³/mol. The van der Waals surface area contributed by atoms with E-state index in [2.05, 4.69) is 30.8 Å². The Balaban J connectivity index is 1.37. The van der Waals surface area contributed by atoms with Gasteiger partial charge in [0.05, 0.1) is 24.2 Å². The summed E-state index contributed by atoms with van der Waals surface area (Å²) in [6.45, 7) is 4.31. The summed E-state index contributed by atoms with van der Waals surface area (Å²) in [4.78, 5) is 28.4. The van der Waals surface area contributed by atoms with E-state index in [0.29, 0.717) is 12.8 Å². The van der Waals surface area contributed by atoms with Gasteiger partial charge in [-0.2, -0.15) is 0 Å². The molecule has 3 aromatic carbocycles. The van der Waals surface area contributed by atoms with Crippen molar-refractivity contribution < 1.29 is 19.1 Å². The Bertz CT molecular complexity index is 1210. The van der Waals surface area contributed by atoms with Crippen molar-refractivity contribution in [2.24, 2.45) is 11.8 Å². The van der Waals surface area contributed by atoms with E-state index in [0.717, 1.165) is 24.8 Å². The summed E-state index contributed by atoms with van der Waals surface area (Å²) in [6.07, 6.45) is 4.53. The largest absolute Gasteiger partial charge is 0.447 e. The van der Waals surface area contributed by atoms with Gasteiger partial charge in [0.1, 0.15) is 6.61 Å². The minimum Gasteiger partial charge on any atom is -0.447 e. The first-order valence-electron chi connectivity index (χ1n) is 13.5. The zero-order valence-corrected chi connectivity index (χ0v) is 21.7. The second-order valence-electron chi connectivity index (χ2n) is 10.2. The van der Waals surface area contributed by atoms with Gasteiger partial charge in [-0.15, -0.1) is 6.58 Å². The smallest absolute Gasteiger partial charge is 0.416 e. The minimum atomic E-state index is -0.562. The highest BCUT2D eigenvalue weighted by atomic mass is 16.6. The first-order chi connectivity index (χ1) is 18.6. The topological polar surface area (TPSA) is 55.8 Å². The Kier molecular flexibility index (Phi) is 8.34. The van der Waals surface area contributed by atoms with Crippen molar-refractivity contribution in [2.75, 3.05) is 6.61 Å². The van der Waals surface area contributed by atoms with Crippen LogP contribution in [0.5, 0.6) is 0 Å². The standard InChI is InChI=1S/C33H35NO4/c1-2-28-29(20-18-24-12-6-3-7-13-24)38-30(21-19-25-14-8-4-9-15-25)31(28)32(35)34-27(23-37-33(34)36)22-26-16-10-5-11-17-26/h2-17,27-31H,1,18-23H2/t27-,28+,29-,30+,31-/m0/s1. The van der Waals surface area contributed by atoms with Gasteiger partial charge < -0.3 is 9.47 Å². The van der Waals surface area contributed by atoms with Crippen LogP contribution < -0.4 is 0 Å². The molecular formula is C33H35NO4. The van der Waals surface area contributed by atoms with Crippen LogP contribution in [-0.4, -0.2) is 41.8 Å². The molecule has 0 aromatic heterocycles. The van der Waals surface area contributed by atoms with Crippen molar-refractivity contribution >= 4 is 12.0 Å². The fraction of sp³-hybridized carbons (Fsp3) is 0.333. The number of benzene rings is 3. The highest BCUT2D eigenvalue weighted by molar-refractivity contribution is 5.95. The van der Waals surface area contributed by atoms with Gasteiger partial charge in [0.2, 0.25) is 5.91 Å². The van der Waals surface area contributed by atoms with Crippen LogP contribution in [0.1, 0.15) is 29.5 Å². The molecule has 5 heteroatoms. The molecule has 196 valence electrons. The molecular weight excluding hydrogens is 474 g/mol. The number of cyclic esters (lactones) is 1. The van der Waals surface area contributed by atoms with Crippen molar-refractivity contribution in [1.29, 1.82) is 0 Å². The van der Waals surface area contributed by atoms with Crippen molar-refractivity contribution in [3.63, 3.8) is 0 Å². The predicted octanol–water partition coefficient (Wildman–Crippen LogP) is 6.03. The second kappa shape index (κ2) is 12.2. The molecule has 5 rings (SSSR count). The van der Waals surface area contributed by atoms with Gasteiger partial charge in [-0.25, -0.2) is 9.69 Å². The Morgan fingerprint density at radius 2 is 1.34 bits per heavy atom. The molecule has 0 aliphatic carbocycles. The normalized spacial score (nSPS) is 24.8. The van der Waals surface area contributed by atoms with Gasteiger partial charge in [-0.1, -0.05) is 97.1 Å². The lowest BCUT2D eigenvalue weighted by molar-refractivity contribution is -0.136. The fourth-order valence-electron chi connectivity index (χ4n) is 5.84. The third kappa shape index (κ3) is 5.89. The summed E-state index contributed by atoms with van der Waals surface area (Å²) < 4.78 is 12.0. The number of rotatable bonds is 10. The van der Waals surface area contributed by atoms with Crippen LogP contribution >= 0.6 is 0 Å². The molecule has 5 atom stereocenters. The van der Waals surface area contributed by atoms with E-state index in [9.17, 15) is 9.59 Å². The van der Waals surface area contributed by atoms with Gasteiger partial charge >= 0.3 is 6.09 Å². The Hall–Kier alpha value is -3.70. The number of nitrogens with zero attached hydrogens (tertiary/aromatic N) is 1. The first-order valence-corrected chi connectivity index (χ1v) is 13.5. The quantitative estimate of drug-likeness (QED) is 0.313. The molecule has 5 nitrogen and oxygen atoms in total. The van der Waals surface area contributed by atoms with E-state index in [1.165, 1.54) is 16.0 Å². The van der Waals surface area contributed by atoms with E-state index in [4.69, 9.17) is 9.47 Å². The molecule has 0 unspecified atom stereocenters. The number of ether oxygens (including phenoxy) is 2. The Morgan fingerprint density at radius 1 is 0.816 bits per heavy atom. The molecule has 3 aromatic rings. The van der Waals surface area contributed by atoms with Crippen LogP contribution in [0.2, 0.25) is 0 Å². The van der Waals surface area contributed by atoms with Gasteiger partial charge in [-0.3, -0.25) is 4.79 Å². The van der Waals surface area contributed by atoms with Crippen LogP contribution in [0.25, 0.3) is 0 Å². The number of hydrogen-bond donors (Lipinski definition) is 0. The van der Waals surface area contributed by atoms with Gasteiger partial charge in [0.25, 0.3) is 0 Å². The van der Waals surface area contributed by atoms with Crippen molar-refractivity contribution in [3.8, 4) is 0 Å². The first kappa shape index (κ1) is 25.9. The lowest BCUT2D eigenvalue weighted by Crippen LogP contribution is -2.47. The van der Waals surface area contributed by atoms with Crippen molar-refractivity contribution in [1.82, 2.24) is 4.90 Å². The monoisotopic (exact) mass is 509 g/mol. The summed E-state index contributed by atoms with van der Waals surface area (Å²) in [6, 6.07) is 30.1. The highest BCUT2D eigenvalue weighted by Gasteiger charge is 2.51. The number of carbonyl (C=O) groups is 2. The third-order valence-electron chi connectivity index (χ3n) is 7.78. The lowest BCUT2D eigenvalue weighted by Gasteiger charge is -2.27. The van der Waals surface area contributed by atoms with Crippen LogP contribution in [0.3, 0.4) is 0 Å². The van der Waals surface area contributed by atoms with Crippen molar-refractivity contribution in [2.45, 2.75) is 50.4 Å². The maximum absolute atomic E-state index is 14.2. The number of amides is 2. The minimum absolute atomic E-state index is 0.145. The van der Waals surface area contributed by atoms with Gasteiger partial charge in [-0.05, 0) is 48.8 Å². The van der Waals surface area contributed by atoms with Crippen LogP contribution in [0, 0.1) is 11.8 Å². The van der Waals surface area contributed by atoms with E-state index in [1.807, 2.05) is 72.8 Å². The van der Waals surface area contributed by atoms with E-state index < -0.39 is 12.0 Å². The Morgan fingerprint density at radius 3 is 1.89 bits per heavy atom. The number of imide groups is 1. The molecule has 0 bridgehead atoms. The summed E-state index contributed by atoms with van der Waals surface area (Å²) >= 11 is 0. The number of carbonyl (C=O) groups excluding carboxylic acids is 2. The zero-order chi connectivity index (χ0) is 26.3. The van der Waals surface area contributed by atoms with E-state index in [1.54, 1.807) is 0 Å². The molecule has 0 saturated carbocycles. The average Bonchev–Trinajstić information content (AvgIpc) is 3.51. The zero-order valence-electron chi connectivity index (χ0n) is 21.7. The average molecular weight is 510 g/mol. The fourth-order valence-corrected chi connectivity index (χ4v) is 5.84. The molecule has 2 fully saturated rings. The number of hydrogen-bond acceptors (Lipinski definition) is 4. The molecule has 2 heterocycles. The summed E-state index contributed by atoms with van der Waals surface area (Å²) in [7, 11) is 0. The summed E-state index contributed by atoms with van der Waals surface area (Å²) in [5.41, 5.74) is 3.51. The molecule has 2 amide bonds. The highest BCUT2D eigenvalue weighted by Crippen LogP contribution is 2.40. The number of aryl methyl sites for hydroxylation is 2. The van der Waals surface area contributed by atoms with Crippen LogP contribution in [0.15, 0.2) is 104 Å². The second-order valence-corrected chi connectivity index (χ2v) is 10.2. The molecule has 0 spiro atoms. The molecule has 2 aliphatic rings. The summed E-state index contributed by atoms with van der Waals surface area (Å²) in [5.74, 6) is -0.878. The molecule has 2 saturated heterocycles. The maximum Gasteiger partial charge on any atom is 0.416 e. The van der Waals surface area contributed by atoms with Crippen LogP contribution in [0.4, 0.5) is 4.79 Å². The molecule has 0 N–H and O–H groups in total. The molecule has 2 aliphatic heterocycles. The Labute approximate surface area is 225 Å². The van der Waals surface area contributed by atoms with E-state index >= 15 is 0 Å². The third-order valence-corrected chi connectivity index (χ3v) is 7.78. The maximum atomic E-state index is 14.2. The van der Waals surface area contributed by atoms with Crippen LogP contribution in [-0.2, 0) is 33.5 Å².